The Kier molecular flexibility index (Phi) is 5.08. The third-order valence-electron chi connectivity index (χ3n) is 4.83. The van der Waals surface area contributed by atoms with Crippen molar-refractivity contribution in [3.05, 3.63) is 93.8 Å². The number of nitrogens with one attached hydrogen (secondary N) is 2. The molecule has 0 aliphatic carbocycles. The molecule has 2 aromatic heterocycles. The lowest BCUT2D eigenvalue weighted by atomic mass is 10.2. The summed E-state index contributed by atoms with van der Waals surface area (Å²) in [4.78, 5) is 37.4. The number of nitrogens with zero attached hydrogens (tertiary/aromatic N) is 3. The van der Waals surface area contributed by atoms with Gasteiger partial charge in [0.2, 0.25) is 5.43 Å². The fraction of sp³-hybridized carbons (Fsp3) is 0.0909. The van der Waals surface area contributed by atoms with Crippen LogP contribution < -0.4 is 16.3 Å². The molecule has 0 atom stereocenters. The molecular weight excluding hydrogens is 401 g/mol. The average molecular weight is 419 g/mol. The molecule has 0 aliphatic rings. The maximum atomic E-state index is 14.2. The molecule has 31 heavy (non-hydrogen) atoms. The number of hydrogen-bond donors (Lipinski definition) is 2. The van der Waals surface area contributed by atoms with Gasteiger partial charge in [-0.25, -0.2) is 9.07 Å². The Labute approximate surface area is 175 Å². The van der Waals surface area contributed by atoms with Crippen LogP contribution in [0.5, 0.6) is 0 Å². The fourth-order valence-corrected chi connectivity index (χ4v) is 3.33. The summed E-state index contributed by atoms with van der Waals surface area (Å²) in [6, 6.07) is 14.4. The van der Waals surface area contributed by atoms with Crippen LogP contribution in [-0.4, -0.2) is 26.2 Å². The zero-order chi connectivity index (χ0) is 22.1. The Morgan fingerprint density at radius 3 is 2.45 bits per heavy atom. The number of hydrogen-bond acceptors (Lipinski definition) is 4. The smallest absolute Gasteiger partial charge is 0.294 e. The number of benzene rings is 2. The van der Waals surface area contributed by atoms with Crippen molar-refractivity contribution in [2.24, 2.45) is 7.05 Å². The molecule has 0 radical (unpaired) electrons. The third-order valence-corrected chi connectivity index (χ3v) is 4.83. The predicted molar refractivity (Wildman–Crippen MR) is 112 cm³/mol. The SMILES string of the molecule is Cc1cc(=O)c(C(=O)NNC(=O)c2cn(C)c3ccccc23)nn1-c1ccccc1F. The minimum Gasteiger partial charge on any atom is -0.350 e. The lowest BCUT2D eigenvalue weighted by molar-refractivity contribution is 0.0843. The molecular formula is C22H18FN5O3. The quantitative estimate of drug-likeness (QED) is 0.498. The fourth-order valence-electron chi connectivity index (χ4n) is 3.33. The first-order chi connectivity index (χ1) is 14.9. The van der Waals surface area contributed by atoms with E-state index in [9.17, 15) is 18.8 Å². The van der Waals surface area contributed by atoms with Crippen molar-refractivity contribution in [2.45, 2.75) is 6.92 Å². The van der Waals surface area contributed by atoms with Gasteiger partial charge in [-0.15, -0.1) is 0 Å². The number of carbonyl (C=O) groups is 2. The van der Waals surface area contributed by atoms with Crippen molar-refractivity contribution in [2.75, 3.05) is 0 Å². The summed E-state index contributed by atoms with van der Waals surface area (Å²) >= 11 is 0. The average Bonchev–Trinajstić information content (AvgIpc) is 3.09. The summed E-state index contributed by atoms with van der Waals surface area (Å²) in [6.07, 6.45) is 1.64. The van der Waals surface area contributed by atoms with Gasteiger partial charge >= 0.3 is 0 Å². The normalized spacial score (nSPS) is 10.8. The molecule has 8 nitrogen and oxygen atoms in total. The van der Waals surface area contributed by atoms with Crippen molar-refractivity contribution >= 4 is 22.7 Å². The second-order valence-corrected chi connectivity index (χ2v) is 6.94. The first-order valence-electron chi connectivity index (χ1n) is 9.37. The van der Waals surface area contributed by atoms with Gasteiger partial charge in [0.25, 0.3) is 11.8 Å². The second kappa shape index (κ2) is 7.86. The largest absolute Gasteiger partial charge is 0.350 e. The summed E-state index contributed by atoms with van der Waals surface area (Å²) in [7, 11) is 1.80. The number of fused-ring (bicyclic) bond motifs is 1. The number of aromatic nitrogens is 3. The predicted octanol–water partition coefficient (Wildman–Crippen LogP) is 2.25. The number of para-hydroxylation sites is 2. The van der Waals surface area contributed by atoms with E-state index >= 15 is 0 Å². The van der Waals surface area contributed by atoms with E-state index in [-0.39, 0.29) is 5.69 Å². The number of halogens is 1. The highest BCUT2D eigenvalue weighted by atomic mass is 19.1. The molecule has 156 valence electrons. The first-order valence-corrected chi connectivity index (χ1v) is 9.37. The van der Waals surface area contributed by atoms with E-state index in [1.807, 2.05) is 12.1 Å². The molecule has 2 N–H and O–H groups in total. The highest BCUT2D eigenvalue weighted by Crippen LogP contribution is 2.20. The molecule has 4 aromatic rings. The Hall–Kier alpha value is -4.27. The molecule has 4 rings (SSSR count). The van der Waals surface area contributed by atoms with Gasteiger partial charge in [-0.3, -0.25) is 25.2 Å². The monoisotopic (exact) mass is 419 g/mol. The van der Waals surface area contributed by atoms with Crippen LogP contribution in [0.3, 0.4) is 0 Å². The minimum absolute atomic E-state index is 0.0915. The third kappa shape index (κ3) is 3.68. The lowest BCUT2D eigenvalue weighted by Gasteiger charge is -2.12. The van der Waals surface area contributed by atoms with Crippen LogP contribution in [-0.2, 0) is 7.05 Å². The van der Waals surface area contributed by atoms with E-state index in [0.717, 1.165) is 10.2 Å². The van der Waals surface area contributed by atoms with Crippen LogP contribution in [0.15, 0.2) is 65.6 Å². The summed E-state index contributed by atoms with van der Waals surface area (Å²) < 4.78 is 17.1. The van der Waals surface area contributed by atoms with E-state index in [1.54, 1.807) is 42.9 Å². The minimum atomic E-state index is -0.913. The second-order valence-electron chi connectivity index (χ2n) is 6.94. The van der Waals surface area contributed by atoms with Crippen molar-refractivity contribution in [3.8, 4) is 5.69 Å². The van der Waals surface area contributed by atoms with Gasteiger partial charge in [-0.1, -0.05) is 30.3 Å². The van der Waals surface area contributed by atoms with Crippen LogP contribution >= 0.6 is 0 Å². The zero-order valence-corrected chi connectivity index (χ0v) is 16.7. The molecule has 0 fully saturated rings. The Morgan fingerprint density at radius 2 is 1.68 bits per heavy atom. The van der Waals surface area contributed by atoms with Gasteiger partial charge in [0.1, 0.15) is 11.5 Å². The molecule has 0 saturated heterocycles. The molecule has 9 heteroatoms. The topological polar surface area (TPSA) is 98.0 Å². The van der Waals surface area contributed by atoms with Crippen LogP contribution in [0.2, 0.25) is 0 Å². The first kappa shape index (κ1) is 20.0. The van der Waals surface area contributed by atoms with Crippen molar-refractivity contribution in [1.29, 1.82) is 0 Å². The highest BCUT2D eigenvalue weighted by molar-refractivity contribution is 6.07. The van der Waals surface area contributed by atoms with E-state index in [4.69, 9.17) is 0 Å². The van der Waals surface area contributed by atoms with Crippen LogP contribution in [0, 0.1) is 12.7 Å². The number of amides is 2. The number of rotatable bonds is 3. The zero-order valence-electron chi connectivity index (χ0n) is 16.7. The number of aryl methyl sites for hydroxylation is 2. The van der Waals surface area contributed by atoms with Gasteiger partial charge in [0.05, 0.1) is 5.56 Å². The Balaban J connectivity index is 1.59. The van der Waals surface area contributed by atoms with Gasteiger partial charge in [-0.05, 0) is 25.1 Å². The maximum absolute atomic E-state index is 14.2. The van der Waals surface area contributed by atoms with Gasteiger partial charge in [0.15, 0.2) is 5.69 Å². The van der Waals surface area contributed by atoms with Crippen LogP contribution in [0.25, 0.3) is 16.6 Å². The number of carbonyl (C=O) groups excluding carboxylic acids is 2. The standard InChI is InChI=1S/C22H18FN5O3/c1-13-11-19(29)20(26-28(13)18-10-6-4-8-16(18)23)22(31)25-24-21(30)15-12-27(2)17-9-5-3-7-14(15)17/h3-12H,1-2H3,(H,24,30)(H,25,31). The van der Waals surface area contributed by atoms with Crippen molar-refractivity contribution in [1.82, 2.24) is 25.2 Å². The highest BCUT2D eigenvalue weighted by Gasteiger charge is 2.19. The summed E-state index contributed by atoms with van der Waals surface area (Å²) in [5.74, 6) is -2.02. The van der Waals surface area contributed by atoms with Gasteiger partial charge in [0, 0.05) is 35.9 Å². The maximum Gasteiger partial charge on any atom is 0.294 e. The molecule has 2 heterocycles. The Morgan fingerprint density at radius 1 is 1.00 bits per heavy atom. The molecule has 0 aliphatic heterocycles. The molecule has 2 aromatic carbocycles. The van der Waals surface area contributed by atoms with E-state index in [2.05, 4.69) is 16.0 Å². The van der Waals surface area contributed by atoms with Crippen molar-refractivity contribution < 1.29 is 14.0 Å². The Bertz CT molecular complexity index is 1390. The van der Waals surface area contributed by atoms with Gasteiger partial charge in [-0.2, -0.15) is 5.10 Å². The van der Waals surface area contributed by atoms with E-state index in [0.29, 0.717) is 16.6 Å². The summed E-state index contributed by atoms with van der Waals surface area (Å²) in [5.41, 5.74) is 5.04. The van der Waals surface area contributed by atoms with Crippen LogP contribution in [0.1, 0.15) is 26.5 Å². The summed E-state index contributed by atoms with van der Waals surface area (Å²) in [6.45, 7) is 1.57. The van der Waals surface area contributed by atoms with Crippen LogP contribution in [0.4, 0.5) is 4.39 Å². The molecule has 0 saturated carbocycles. The molecule has 2 amide bonds. The molecule has 0 spiro atoms. The summed E-state index contributed by atoms with van der Waals surface area (Å²) in [5, 5.41) is 4.72. The molecule has 0 unspecified atom stereocenters. The molecule has 0 bridgehead atoms. The van der Waals surface area contributed by atoms with E-state index in [1.165, 1.54) is 24.3 Å². The van der Waals surface area contributed by atoms with Gasteiger partial charge < -0.3 is 4.57 Å². The van der Waals surface area contributed by atoms with Crippen molar-refractivity contribution in [3.63, 3.8) is 0 Å². The lowest BCUT2D eigenvalue weighted by Crippen LogP contribution is -2.44. The van der Waals surface area contributed by atoms with E-state index < -0.39 is 28.8 Å². The number of hydrazine groups is 1.